The molecule has 1 atom stereocenters. The first-order valence-corrected chi connectivity index (χ1v) is 10.6. The lowest BCUT2D eigenvalue weighted by Crippen LogP contribution is -2.47. The van der Waals surface area contributed by atoms with Gasteiger partial charge in [-0.3, -0.25) is 19.7 Å². The van der Waals surface area contributed by atoms with Crippen molar-refractivity contribution in [1.82, 2.24) is 10.2 Å². The highest BCUT2D eigenvalue weighted by molar-refractivity contribution is 5.99. The molecular formula is C23H24N4O6. The summed E-state index contributed by atoms with van der Waals surface area (Å²) < 4.78 is 10.2. The number of ketones is 1. The van der Waals surface area contributed by atoms with Crippen molar-refractivity contribution in [2.24, 2.45) is 0 Å². The second-order valence-corrected chi connectivity index (χ2v) is 7.97. The van der Waals surface area contributed by atoms with Gasteiger partial charge in [0.15, 0.2) is 11.6 Å². The second-order valence-electron chi connectivity index (χ2n) is 7.97. The Hall–Kier alpha value is -4.08. The molecule has 2 aliphatic heterocycles. The van der Waals surface area contributed by atoms with E-state index in [0.29, 0.717) is 24.2 Å². The number of aryl methyl sites for hydroxylation is 1. The average Bonchev–Trinajstić information content (AvgIpc) is 3.38. The normalized spacial score (nSPS) is 17.1. The summed E-state index contributed by atoms with van der Waals surface area (Å²) in [5.74, 6) is -0.401. The van der Waals surface area contributed by atoms with E-state index in [1.54, 1.807) is 18.4 Å². The van der Waals surface area contributed by atoms with Gasteiger partial charge in [0, 0.05) is 17.7 Å². The molecule has 1 fully saturated rings. The first-order chi connectivity index (χ1) is 15.9. The van der Waals surface area contributed by atoms with Crippen LogP contribution in [0.1, 0.15) is 35.2 Å². The number of hydrogen-bond acceptors (Lipinski definition) is 8. The van der Waals surface area contributed by atoms with Gasteiger partial charge in [-0.25, -0.2) is 0 Å². The second kappa shape index (κ2) is 9.60. The third kappa shape index (κ3) is 5.05. The summed E-state index contributed by atoms with van der Waals surface area (Å²) in [6, 6.07) is 4.53. The number of hydrogen-bond donors (Lipinski definition) is 2. The fourth-order valence-corrected chi connectivity index (χ4v) is 4.02. The number of carbonyl (C=O) groups is 2. The fourth-order valence-electron chi connectivity index (χ4n) is 4.02. The monoisotopic (exact) mass is 452 g/mol. The number of nitrogens with zero attached hydrogens (tertiary/aromatic N) is 2. The molecule has 1 aliphatic carbocycles. The van der Waals surface area contributed by atoms with E-state index in [4.69, 9.17) is 8.83 Å². The highest BCUT2D eigenvalue weighted by Gasteiger charge is 2.30. The highest BCUT2D eigenvalue weighted by atomic mass is 16.6. The van der Waals surface area contributed by atoms with Gasteiger partial charge in [-0.05, 0) is 49.9 Å². The SMILES string of the molecule is Cc1cc2coccc-2c1NC(=C[N+](=O)[O-])N[C@H]1CCCCN(CC(=O)c2ccoc2)C1=O. The van der Waals surface area contributed by atoms with Gasteiger partial charge < -0.3 is 24.4 Å². The molecule has 10 heteroatoms. The number of nitro groups is 1. The van der Waals surface area contributed by atoms with E-state index in [9.17, 15) is 19.7 Å². The molecule has 0 spiro atoms. The Morgan fingerprint density at radius 2 is 2.06 bits per heavy atom. The molecule has 0 radical (unpaired) electrons. The molecule has 3 aliphatic rings. The maximum absolute atomic E-state index is 13.2. The Morgan fingerprint density at radius 3 is 2.82 bits per heavy atom. The smallest absolute Gasteiger partial charge is 0.274 e. The van der Waals surface area contributed by atoms with E-state index in [1.807, 2.05) is 13.0 Å². The Morgan fingerprint density at radius 1 is 1.27 bits per heavy atom. The predicted octanol–water partition coefficient (Wildman–Crippen LogP) is 3.63. The summed E-state index contributed by atoms with van der Waals surface area (Å²) in [4.78, 5) is 37.9. The van der Waals surface area contributed by atoms with Gasteiger partial charge in [0.1, 0.15) is 12.3 Å². The third-order valence-corrected chi connectivity index (χ3v) is 5.64. The molecule has 4 rings (SSSR count). The zero-order valence-electron chi connectivity index (χ0n) is 18.1. The van der Waals surface area contributed by atoms with E-state index in [-0.39, 0.29) is 24.1 Å². The quantitative estimate of drug-likeness (QED) is 0.301. The van der Waals surface area contributed by atoms with Crippen LogP contribution in [0.4, 0.5) is 5.69 Å². The Bertz CT molecular complexity index is 1150. The molecule has 172 valence electrons. The minimum absolute atomic E-state index is 0.0750. The topological polar surface area (TPSA) is 131 Å². The number of rotatable bonds is 8. The van der Waals surface area contributed by atoms with Crippen molar-refractivity contribution in [3.05, 3.63) is 76.5 Å². The maximum atomic E-state index is 13.2. The van der Waals surface area contributed by atoms with Crippen molar-refractivity contribution in [3.63, 3.8) is 0 Å². The van der Waals surface area contributed by atoms with Crippen LogP contribution in [0.5, 0.6) is 0 Å². The van der Waals surface area contributed by atoms with Crippen molar-refractivity contribution in [2.75, 3.05) is 18.4 Å². The van der Waals surface area contributed by atoms with Gasteiger partial charge in [0.05, 0.1) is 41.5 Å². The largest absolute Gasteiger partial charge is 0.472 e. The number of nitrogens with one attached hydrogen (secondary N) is 2. The fraction of sp³-hybridized carbons (Fsp3) is 0.304. The molecule has 1 aromatic heterocycles. The molecule has 2 N–H and O–H groups in total. The Balaban J connectivity index is 1.53. The van der Waals surface area contributed by atoms with Crippen LogP contribution < -0.4 is 10.6 Å². The molecule has 0 aromatic carbocycles. The van der Waals surface area contributed by atoms with Gasteiger partial charge in [-0.1, -0.05) is 0 Å². The van der Waals surface area contributed by atoms with Crippen LogP contribution in [0.25, 0.3) is 11.1 Å². The van der Waals surface area contributed by atoms with E-state index >= 15 is 0 Å². The van der Waals surface area contributed by atoms with Crippen LogP contribution in [0.3, 0.4) is 0 Å². The molecule has 10 nitrogen and oxygen atoms in total. The maximum Gasteiger partial charge on any atom is 0.274 e. The van der Waals surface area contributed by atoms with Gasteiger partial charge in [-0.15, -0.1) is 0 Å². The zero-order valence-corrected chi connectivity index (χ0v) is 18.1. The molecule has 1 amide bonds. The first kappa shape index (κ1) is 22.1. The molecular weight excluding hydrogens is 428 g/mol. The lowest BCUT2D eigenvalue weighted by molar-refractivity contribution is -0.403. The summed E-state index contributed by atoms with van der Waals surface area (Å²) in [6.07, 6.45) is 8.66. The van der Waals surface area contributed by atoms with Crippen molar-refractivity contribution in [3.8, 4) is 11.1 Å². The van der Waals surface area contributed by atoms with Crippen LogP contribution in [0.2, 0.25) is 0 Å². The molecule has 1 saturated heterocycles. The molecule has 33 heavy (non-hydrogen) atoms. The Labute approximate surface area is 189 Å². The molecule has 0 unspecified atom stereocenters. The summed E-state index contributed by atoms with van der Waals surface area (Å²) >= 11 is 0. The predicted molar refractivity (Wildman–Crippen MR) is 119 cm³/mol. The van der Waals surface area contributed by atoms with Gasteiger partial charge in [0.25, 0.3) is 6.20 Å². The van der Waals surface area contributed by atoms with Crippen molar-refractivity contribution in [2.45, 2.75) is 32.2 Å². The first-order valence-electron chi connectivity index (χ1n) is 10.6. The summed E-state index contributed by atoms with van der Waals surface area (Å²) in [7, 11) is 0. The van der Waals surface area contributed by atoms with Crippen molar-refractivity contribution >= 4 is 17.4 Å². The number of anilines is 1. The lowest BCUT2D eigenvalue weighted by Gasteiger charge is -2.25. The average molecular weight is 452 g/mol. The van der Waals surface area contributed by atoms with Crippen LogP contribution >= 0.6 is 0 Å². The Kier molecular flexibility index (Phi) is 6.43. The molecule has 3 heterocycles. The van der Waals surface area contributed by atoms with Crippen molar-refractivity contribution < 1.29 is 23.3 Å². The number of fused-ring (bicyclic) bond motifs is 1. The lowest BCUT2D eigenvalue weighted by atomic mass is 10.1. The standard InChI is InChI=1S/C23H24N4O6/c1-15-10-17-14-33-9-6-18(17)22(15)25-21(12-27(30)31)24-19-4-2-3-7-26(23(19)29)11-20(28)16-5-8-32-13-16/h5-6,8-10,12-14,19,24-25H,2-4,7,11H2,1H3/t19-/m0/s1. The number of amides is 1. The summed E-state index contributed by atoms with van der Waals surface area (Å²) in [6.45, 7) is 2.25. The van der Waals surface area contributed by atoms with E-state index < -0.39 is 11.0 Å². The van der Waals surface area contributed by atoms with E-state index in [1.165, 1.54) is 23.7 Å². The number of carbonyl (C=O) groups excluding carboxylic acids is 2. The van der Waals surface area contributed by atoms with Crippen LogP contribution in [-0.4, -0.2) is 40.6 Å². The number of furan rings is 1. The van der Waals surface area contributed by atoms with Gasteiger partial charge in [0.2, 0.25) is 5.91 Å². The zero-order chi connectivity index (χ0) is 23.4. The number of Topliss-reactive ketones (excluding diaryl/α,β-unsaturated/α-hetero) is 1. The van der Waals surface area contributed by atoms with Crippen molar-refractivity contribution in [1.29, 1.82) is 0 Å². The minimum Gasteiger partial charge on any atom is -0.472 e. The van der Waals surface area contributed by atoms with Crippen LogP contribution in [0.15, 0.2) is 64.1 Å². The van der Waals surface area contributed by atoms with E-state index in [0.717, 1.165) is 35.7 Å². The molecule has 0 bridgehead atoms. The van der Waals surface area contributed by atoms with Gasteiger partial charge in [-0.2, -0.15) is 0 Å². The third-order valence-electron chi connectivity index (χ3n) is 5.64. The highest BCUT2D eigenvalue weighted by Crippen LogP contribution is 2.36. The summed E-state index contributed by atoms with van der Waals surface area (Å²) in [5, 5.41) is 17.4. The minimum atomic E-state index is -0.708. The number of likely N-dealkylation sites (tertiary alicyclic amines) is 1. The van der Waals surface area contributed by atoms with Crippen LogP contribution in [-0.2, 0) is 4.79 Å². The molecule has 1 aromatic rings. The van der Waals surface area contributed by atoms with E-state index in [2.05, 4.69) is 10.6 Å². The van der Waals surface area contributed by atoms with Gasteiger partial charge >= 0.3 is 0 Å². The molecule has 0 saturated carbocycles. The summed E-state index contributed by atoms with van der Waals surface area (Å²) in [5.41, 5.74) is 3.66. The van der Waals surface area contributed by atoms with Crippen LogP contribution in [0, 0.1) is 17.0 Å².